The van der Waals surface area contributed by atoms with Gasteiger partial charge in [0.15, 0.2) is 0 Å². The van der Waals surface area contributed by atoms with Crippen LogP contribution >= 0.6 is 0 Å². The van der Waals surface area contributed by atoms with Gasteiger partial charge in [-0.25, -0.2) is 0 Å². The van der Waals surface area contributed by atoms with Crippen molar-refractivity contribution in [1.29, 1.82) is 0 Å². The molecule has 0 radical (unpaired) electrons. The molecule has 310 valence electrons. The number of hydrogen-bond donors (Lipinski definition) is 2. The first-order chi connectivity index (χ1) is 25.0. The summed E-state index contributed by atoms with van der Waals surface area (Å²) < 4.78 is 61.7. The van der Waals surface area contributed by atoms with Crippen molar-refractivity contribution in [2.75, 3.05) is 40.6 Å². The molecule has 0 aliphatic carbocycles. The van der Waals surface area contributed by atoms with Crippen molar-refractivity contribution < 1.29 is 65.9 Å². The quantitative estimate of drug-likeness (QED) is 0.266. The van der Waals surface area contributed by atoms with E-state index in [0.717, 1.165) is 37.9 Å². The van der Waals surface area contributed by atoms with Gasteiger partial charge in [-0.15, -0.1) is 0 Å². The third kappa shape index (κ3) is 33.0. The monoisotopic (exact) mass is 771 g/mol. The van der Waals surface area contributed by atoms with Crippen LogP contribution in [0.2, 0.25) is 47.8 Å². The van der Waals surface area contributed by atoms with E-state index < -0.39 is 7.12 Å². The summed E-state index contributed by atoms with van der Waals surface area (Å²) in [5.74, 6) is 1.69. The van der Waals surface area contributed by atoms with Crippen molar-refractivity contribution in [1.82, 2.24) is 0 Å². The summed E-state index contributed by atoms with van der Waals surface area (Å²) in [6.45, 7) is 35.7. The van der Waals surface area contributed by atoms with Crippen LogP contribution in [0.5, 0.6) is 11.5 Å². The van der Waals surface area contributed by atoms with E-state index >= 15 is 0 Å². The minimum absolute atomic E-state index is 0.0370. The zero-order chi connectivity index (χ0) is 42.5. The molecule has 3 aliphatic heterocycles. The first-order valence-electron chi connectivity index (χ1n) is 18.9. The number of hydrogen-bond acceptors (Lipinski definition) is 14. The van der Waals surface area contributed by atoms with E-state index in [2.05, 4.69) is 37.0 Å². The molecule has 0 atom stereocenters. The maximum absolute atomic E-state index is 7.61. The van der Waals surface area contributed by atoms with Crippen LogP contribution in [0.4, 0.5) is 0 Å². The summed E-state index contributed by atoms with van der Waals surface area (Å²) in [7, 11) is 1.71. The van der Waals surface area contributed by atoms with Crippen LogP contribution in [0.3, 0.4) is 0 Å². The average molecular weight is 770 g/mol. The maximum atomic E-state index is 7.61. The second-order valence-electron chi connectivity index (χ2n) is 13.5. The highest BCUT2D eigenvalue weighted by molar-refractivity contribution is 6.46. The number of rotatable bonds is 10. The van der Waals surface area contributed by atoms with Gasteiger partial charge in [-0.3, -0.25) is 0 Å². The SMILES string of the molecule is CB(O)O.CB(OC(C)C)OC(C)C.CB1OC(C)(C)C(C)(C)O1.CB1OCCO1.CB1Oc2ccccc2O1.CCOB(C)OCC.COB(C)OC. The molecule has 0 aromatic heterocycles. The highest BCUT2D eigenvalue weighted by Crippen LogP contribution is 2.36. The van der Waals surface area contributed by atoms with Gasteiger partial charge >= 0.3 is 49.8 Å². The van der Waals surface area contributed by atoms with Crippen molar-refractivity contribution in [2.45, 2.75) is 140 Å². The molecule has 54 heavy (non-hydrogen) atoms. The molecule has 0 unspecified atom stereocenters. The lowest BCUT2D eigenvalue weighted by molar-refractivity contribution is 0.00578. The minimum Gasteiger partial charge on any atom is -0.523 e. The van der Waals surface area contributed by atoms with E-state index in [1.165, 1.54) is 6.82 Å². The molecule has 1 aromatic carbocycles. The number of fused-ring (bicyclic) bond motifs is 1. The van der Waals surface area contributed by atoms with Crippen molar-refractivity contribution in [3.8, 4) is 11.5 Å². The molecule has 14 nitrogen and oxygen atoms in total. The Labute approximate surface area is 332 Å². The highest BCUT2D eigenvalue weighted by atomic mass is 16.7. The van der Waals surface area contributed by atoms with Gasteiger partial charge in [-0.1, -0.05) is 12.1 Å². The van der Waals surface area contributed by atoms with Gasteiger partial charge in [0.05, 0.1) is 24.4 Å². The molecule has 0 bridgehead atoms. The Hall–Kier alpha value is -1.21. The van der Waals surface area contributed by atoms with Crippen LogP contribution in [0.15, 0.2) is 24.3 Å². The Bertz CT molecular complexity index is 933. The van der Waals surface area contributed by atoms with Crippen LogP contribution in [0.25, 0.3) is 0 Å². The Balaban J connectivity index is -0.000000573. The molecule has 0 amide bonds. The van der Waals surface area contributed by atoms with Crippen molar-refractivity contribution in [2.24, 2.45) is 0 Å². The van der Waals surface area contributed by atoms with Crippen LogP contribution < -0.4 is 9.31 Å². The predicted octanol–water partition coefficient (Wildman–Crippen LogP) is 6.05. The molecular weight excluding hydrogens is 696 g/mol. The highest BCUT2D eigenvalue weighted by Gasteiger charge is 2.48. The van der Waals surface area contributed by atoms with E-state index in [9.17, 15) is 0 Å². The lowest BCUT2D eigenvalue weighted by Gasteiger charge is -2.32. The summed E-state index contributed by atoms with van der Waals surface area (Å²) in [4.78, 5) is 0. The topological polar surface area (TPSA) is 151 Å². The third-order valence-corrected chi connectivity index (χ3v) is 6.99. The van der Waals surface area contributed by atoms with Crippen molar-refractivity contribution in [3.63, 3.8) is 0 Å². The van der Waals surface area contributed by atoms with Gasteiger partial charge in [0.2, 0.25) is 0 Å². The largest absolute Gasteiger partial charge is 0.591 e. The molecule has 2 saturated heterocycles. The smallest absolute Gasteiger partial charge is 0.523 e. The second kappa shape index (κ2) is 32.8. The predicted molar refractivity (Wildman–Crippen MR) is 225 cm³/mol. The molecule has 2 N–H and O–H groups in total. The Kier molecular flexibility index (Phi) is 34.7. The fourth-order valence-corrected chi connectivity index (χ4v) is 4.05. The standard InChI is InChI=1S/C7H7BO2.C7H15BO2.C7H17BO2.C5H13BO2.C3H7BO2.C3H9BO2.CH5BO2/c1-8-9-6-4-2-3-5-7(6)10-8;1-6(2)7(3,4)10-8(5)9-6;1-6(2)9-8(5)10-7(3)4;1-4-7-6(3)8-5-2;1-4-5-2-3-6-4;1-4(5-2)6-3;1-2(3)4/h2-5H,1H3;1-5H3;6-7H,1-5H3;4-5H2,1-3H3;2-3H2,1H3;1-3H3;3-4H,1H3. The molecule has 0 saturated carbocycles. The third-order valence-electron chi connectivity index (χ3n) is 6.99. The molecule has 2 fully saturated rings. The summed E-state index contributed by atoms with van der Waals surface area (Å²) in [5.41, 5.74) is -0.321. The van der Waals surface area contributed by atoms with Gasteiger partial charge in [0, 0.05) is 39.6 Å². The molecule has 3 heterocycles. The fraction of sp³-hybridized carbons (Fsp3) is 0.818. The average Bonchev–Trinajstić information content (AvgIpc) is 3.72. The van der Waals surface area contributed by atoms with Gasteiger partial charge in [-0.05, 0) is 129 Å². The molecule has 4 rings (SSSR count). The van der Waals surface area contributed by atoms with Gasteiger partial charge in [0.1, 0.15) is 11.5 Å². The van der Waals surface area contributed by atoms with E-state index in [1.807, 2.05) is 107 Å². The first-order valence-corrected chi connectivity index (χ1v) is 18.9. The Morgan fingerprint density at radius 2 is 1.00 bits per heavy atom. The Morgan fingerprint density at radius 3 is 1.20 bits per heavy atom. The number of para-hydroxylation sites is 2. The van der Waals surface area contributed by atoms with E-state index in [4.69, 9.17) is 56.6 Å². The summed E-state index contributed by atoms with van der Waals surface area (Å²) in [6, 6.07) is 7.66. The summed E-state index contributed by atoms with van der Waals surface area (Å²) >= 11 is 0. The molecule has 0 spiro atoms. The van der Waals surface area contributed by atoms with Crippen LogP contribution in [-0.2, 0) is 46.5 Å². The molecule has 21 heteroatoms. The molecule has 1 aromatic rings. The Morgan fingerprint density at radius 1 is 0.648 bits per heavy atom. The zero-order valence-corrected chi connectivity index (χ0v) is 37.1. The minimum atomic E-state index is -1.17. The van der Waals surface area contributed by atoms with Crippen LogP contribution in [-0.4, -0.2) is 124 Å². The second-order valence-corrected chi connectivity index (χ2v) is 13.5. The first kappa shape index (κ1) is 57.1. The summed E-state index contributed by atoms with van der Waals surface area (Å²) in [6.07, 6.45) is 0.488. The van der Waals surface area contributed by atoms with E-state index in [-0.39, 0.29) is 66.1 Å². The van der Waals surface area contributed by atoms with Crippen LogP contribution in [0, 0.1) is 0 Å². The maximum Gasteiger partial charge on any atom is 0.591 e. The lowest BCUT2D eigenvalue weighted by Crippen LogP contribution is -2.41. The van der Waals surface area contributed by atoms with Gasteiger partial charge < -0.3 is 65.9 Å². The van der Waals surface area contributed by atoms with Gasteiger partial charge in [-0.2, -0.15) is 0 Å². The number of benzene rings is 1. The lowest BCUT2D eigenvalue weighted by atomic mass is 9.90. The zero-order valence-electron chi connectivity index (χ0n) is 37.1. The molecular formula is C33H73B7O14. The normalized spacial score (nSPS) is 15.4. The van der Waals surface area contributed by atoms with Crippen LogP contribution in [0.1, 0.15) is 69.2 Å². The van der Waals surface area contributed by atoms with Crippen molar-refractivity contribution >= 4 is 49.8 Å². The summed E-state index contributed by atoms with van der Waals surface area (Å²) in [5, 5.41) is 15.2. The fourth-order valence-electron chi connectivity index (χ4n) is 4.05. The molecule has 3 aliphatic rings. The van der Waals surface area contributed by atoms with Crippen molar-refractivity contribution in [3.05, 3.63) is 24.3 Å². The van der Waals surface area contributed by atoms with E-state index in [0.29, 0.717) is 0 Å². The van der Waals surface area contributed by atoms with Gasteiger partial charge in [0.25, 0.3) is 0 Å². The van der Waals surface area contributed by atoms with E-state index in [1.54, 1.807) is 14.2 Å².